The van der Waals surface area contributed by atoms with Crippen molar-refractivity contribution in [2.45, 2.75) is 97.3 Å². The first-order valence-corrected chi connectivity index (χ1v) is 9.27. The first-order chi connectivity index (χ1) is 9.91. The number of hydrogen-bond acceptors (Lipinski definition) is 1. The zero-order chi connectivity index (χ0) is 14.7. The van der Waals surface area contributed by atoms with E-state index in [0.29, 0.717) is 0 Å². The summed E-state index contributed by atoms with van der Waals surface area (Å²) in [5.74, 6) is 0. The number of hydrogen-bond donors (Lipinski definition) is 1. The Morgan fingerprint density at radius 1 is 0.550 bits per heavy atom. The molecule has 0 atom stereocenters. The lowest BCUT2D eigenvalue weighted by Gasteiger charge is -2.03. The standard InChI is InChI=1S/C19H39N/c1-3-5-7-8-9-10-11-12-13-14-15-16-17-19-20-18-6-4-2/h8-9,20H,3-7,10-19H2,1-2H3. The summed E-state index contributed by atoms with van der Waals surface area (Å²) in [6.07, 6.45) is 22.5. The Balaban J connectivity index is 2.97. The topological polar surface area (TPSA) is 12.0 Å². The summed E-state index contributed by atoms with van der Waals surface area (Å²) in [7, 11) is 0. The molecule has 0 aromatic heterocycles. The first-order valence-electron chi connectivity index (χ1n) is 9.27. The van der Waals surface area contributed by atoms with Crippen molar-refractivity contribution in [1.29, 1.82) is 0 Å². The molecule has 0 aliphatic rings. The van der Waals surface area contributed by atoms with Gasteiger partial charge in [-0.25, -0.2) is 0 Å². The maximum Gasteiger partial charge on any atom is -0.00489 e. The molecule has 0 aromatic rings. The zero-order valence-electron chi connectivity index (χ0n) is 14.3. The summed E-state index contributed by atoms with van der Waals surface area (Å²) >= 11 is 0. The monoisotopic (exact) mass is 281 g/mol. The van der Waals surface area contributed by atoms with Gasteiger partial charge in [0.2, 0.25) is 0 Å². The quantitative estimate of drug-likeness (QED) is 0.261. The Morgan fingerprint density at radius 2 is 1.05 bits per heavy atom. The minimum atomic E-state index is 1.21. The van der Waals surface area contributed by atoms with Crippen LogP contribution in [0.1, 0.15) is 97.3 Å². The Morgan fingerprint density at radius 3 is 1.70 bits per heavy atom. The third kappa shape index (κ3) is 17.7. The lowest BCUT2D eigenvalue weighted by molar-refractivity contribution is 0.552. The van der Waals surface area contributed by atoms with E-state index < -0.39 is 0 Å². The molecule has 0 bridgehead atoms. The van der Waals surface area contributed by atoms with E-state index in [1.165, 1.54) is 96.6 Å². The van der Waals surface area contributed by atoms with Gasteiger partial charge in [0.1, 0.15) is 0 Å². The van der Waals surface area contributed by atoms with Crippen LogP contribution in [-0.2, 0) is 0 Å². The molecule has 0 unspecified atom stereocenters. The molecule has 1 N–H and O–H groups in total. The Bertz CT molecular complexity index is 186. The smallest absolute Gasteiger partial charge is 0.00489 e. The Hall–Kier alpha value is -0.300. The lowest BCUT2D eigenvalue weighted by atomic mass is 10.1. The van der Waals surface area contributed by atoms with Gasteiger partial charge in [0.05, 0.1) is 0 Å². The lowest BCUT2D eigenvalue weighted by Crippen LogP contribution is -2.16. The molecule has 0 spiro atoms. The van der Waals surface area contributed by atoms with Gasteiger partial charge in [-0.15, -0.1) is 0 Å². The molecule has 0 amide bonds. The van der Waals surface area contributed by atoms with Crippen LogP contribution in [0.15, 0.2) is 12.2 Å². The van der Waals surface area contributed by atoms with Crippen LogP contribution in [-0.4, -0.2) is 13.1 Å². The molecule has 0 aliphatic carbocycles. The minimum Gasteiger partial charge on any atom is -0.317 e. The van der Waals surface area contributed by atoms with Crippen LogP contribution in [0.25, 0.3) is 0 Å². The van der Waals surface area contributed by atoms with Crippen molar-refractivity contribution in [3.05, 3.63) is 12.2 Å². The Labute approximate surface area is 128 Å². The van der Waals surface area contributed by atoms with Gasteiger partial charge in [-0.05, 0) is 45.2 Å². The van der Waals surface area contributed by atoms with Crippen LogP contribution in [0.2, 0.25) is 0 Å². The molecule has 20 heavy (non-hydrogen) atoms. The van der Waals surface area contributed by atoms with E-state index in [4.69, 9.17) is 0 Å². The van der Waals surface area contributed by atoms with Crippen molar-refractivity contribution in [3.63, 3.8) is 0 Å². The number of allylic oxidation sites excluding steroid dienone is 2. The average molecular weight is 282 g/mol. The zero-order valence-corrected chi connectivity index (χ0v) is 14.3. The largest absolute Gasteiger partial charge is 0.317 e. The van der Waals surface area contributed by atoms with Crippen LogP contribution in [0.3, 0.4) is 0 Å². The minimum absolute atomic E-state index is 1.21. The molecular formula is C19H39N. The van der Waals surface area contributed by atoms with Crippen LogP contribution in [0, 0.1) is 0 Å². The van der Waals surface area contributed by atoms with Crippen molar-refractivity contribution in [1.82, 2.24) is 5.32 Å². The molecule has 0 radical (unpaired) electrons. The maximum atomic E-state index is 3.52. The molecule has 120 valence electrons. The normalized spacial score (nSPS) is 11.5. The van der Waals surface area contributed by atoms with Gasteiger partial charge >= 0.3 is 0 Å². The first kappa shape index (κ1) is 19.7. The predicted octanol–water partition coefficient (Wildman–Crippen LogP) is 6.24. The second-order valence-corrected chi connectivity index (χ2v) is 5.98. The van der Waals surface area contributed by atoms with Crippen molar-refractivity contribution >= 4 is 0 Å². The summed E-state index contributed by atoms with van der Waals surface area (Å²) in [6, 6.07) is 0. The second-order valence-electron chi connectivity index (χ2n) is 5.98. The summed E-state index contributed by atoms with van der Waals surface area (Å²) in [5, 5.41) is 3.52. The third-order valence-corrected chi connectivity index (χ3v) is 3.82. The molecule has 0 heterocycles. The summed E-state index contributed by atoms with van der Waals surface area (Å²) < 4.78 is 0. The van der Waals surface area contributed by atoms with E-state index in [2.05, 4.69) is 31.3 Å². The molecule has 0 fully saturated rings. The molecule has 0 saturated carbocycles. The fraction of sp³-hybridized carbons (Fsp3) is 0.895. The number of unbranched alkanes of at least 4 members (excludes halogenated alkanes) is 10. The van der Waals surface area contributed by atoms with Gasteiger partial charge in [0, 0.05) is 0 Å². The summed E-state index contributed by atoms with van der Waals surface area (Å²) in [4.78, 5) is 0. The van der Waals surface area contributed by atoms with Gasteiger partial charge in [0.25, 0.3) is 0 Å². The van der Waals surface area contributed by atoms with Crippen molar-refractivity contribution in [3.8, 4) is 0 Å². The molecule has 0 aromatic carbocycles. The van der Waals surface area contributed by atoms with Crippen molar-refractivity contribution in [2.75, 3.05) is 13.1 Å². The molecule has 1 nitrogen and oxygen atoms in total. The van der Waals surface area contributed by atoms with E-state index in [-0.39, 0.29) is 0 Å². The SMILES string of the molecule is CCCCC=CCCCCCCCCCNCCCC. The van der Waals surface area contributed by atoms with Gasteiger partial charge < -0.3 is 5.32 Å². The highest BCUT2D eigenvalue weighted by Crippen LogP contribution is 2.09. The highest BCUT2D eigenvalue weighted by Gasteiger charge is 1.92. The molecule has 0 aliphatic heterocycles. The predicted molar refractivity (Wildman–Crippen MR) is 93.4 cm³/mol. The summed E-state index contributed by atoms with van der Waals surface area (Å²) in [6.45, 7) is 6.95. The third-order valence-electron chi connectivity index (χ3n) is 3.82. The van der Waals surface area contributed by atoms with Crippen LogP contribution < -0.4 is 5.32 Å². The van der Waals surface area contributed by atoms with E-state index in [1.54, 1.807) is 0 Å². The van der Waals surface area contributed by atoms with Crippen molar-refractivity contribution in [2.24, 2.45) is 0 Å². The summed E-state index contributed by atoms with van der Waals surface area (Å²) in [5.41, 5.74) is 0. The van der Waals surface area contributed by atoms with Gasteiger partial charge in [0.15, 0.2) is 0 Å². The van der Waals surface area contributed by atoms with Gasteiger partial charge in [-0.3, -0.25) is 0 Å². The molecule has 1 heteroatoms. The van der Waals surface area contributed by atoms with Crippen LogP contribution >= 0.6 is 0 Å². The van der Waals surface area contributed by atoms with Crippen LogP contribution in [0.5, 0.6) is 0 Å². The van der Waals surface area contributed by atoms with Crippen molar-refractivity contribution < 1.29 is 0 Å². The second kappa shape index (κ2) is 18.7. The van der Waals surface area contributed by atoms with E-state index in [1.807, 2.05) is 0 Å². The van der Waals surface area contributed by atoms with E-state index >= 15 is 0 Å². The number of nitrogens with one attached hydrogen (secondary N) is 1. The maximum absolute atomic E-state index is 3.52. The van der Waals surface area contributed by atoms with Crippen LogP contribution in [0.4, 0.5) is 0 Å². The highest BCUT2D eigenvalue weighted by atomic mass is 14.8. The average Bonchev–Trinajstić information content (AvgIpc) is 2.47. The van der Waals surface area contributed by atoms with Gasteiger partial charge in [-0.1, -0.05) is 77.4 Å². The Kier molecular flexibility index (Phi) is 18.4. The molecule has 0 saturated heterocycles. The number of rotatable bonds is 16. The van der Waals surface area contributed by atoms with Gasteiger partial charge in [-0.2, -0.15) is 0 Å². The van der Waals surface area contributed by atoms with E-state index in [9.17, 15) is 0 Å². The highest BCUT2D eigenvalue weighted by molar-refractivity contribution is 4.81. The molecular weight excluding hydrogens is 242 g/mol. The molecule has 0 rings (SSSR count). The van der Waals surface area contributed by atoms with E-state index in [0.717, 1.165) is 0 Å². The fourth-order valence-electron chi connectivity index (χ4n) is 2.38. The fourth-order valence-corrected chi connectivity index (χ4v) is 2.38.